The molecule has 0 bridgehead atoms. The Bertz CT molecular complexity index is 1170. The van der Waals surface area contributed by atoms with Crippen LogP contribution in [0.3, 0.4) is 0 Å². The summed E-state index contributed by atoms with van der Waals surface area (Å²) in [5.41, 5.74) is 3.15. The number of amides is 2. The molecule has 0 atom stereocenters. The molecule has 32 heavy (non-hydrogen) atoms. The topological polar surface area (TPSA) is 73.4 Å². The van der Waals surface area contributed by atoms with Crippen molar-refractivity contribution in [1.29, 1.82) is 0 Å². The van der Waals surface area contributed by atoms with Crippen LogP contribution in [0.1, 0.15) is 18.4 Å². The normalized spacial score (nSPS) is 16.5. The van der Waals surface area contributed by atoms with Gasteiger partial charge >= 0.3 is 6.03 Å². The van der Waals surface area contributed by atoms with Crippen LogP contribution in [0.2, 0.25) is 0 Å². The summed E-state index contributed by atoms with van der Waals surface area (Å²) in [6.45, 7) is 4.59. The Morgan fingerprint density at radius 1 is 1.06 bits per heavy atom. The second-order valence-corrected chi connectivity index (χ2v) is 8.47. The number of hydrogen-bond donors (Lipinski definition) is 2. The molecule has 1 saturated carbocycles. The minimum absolute atomic E-state index is 0.0662. The number of anilines is 3. The lowest BCUT2D eigenvalue weighted by atomic mass is 10.2. The summed E-state index contributed by atoms with van der Waals surface area (Å²) in [7, 11) is 0. The third-order valence-electron chi connectivity index (χ3n) is 6.05. The van der Waals surface area contributed by atoms with E-state index in [2.05, 4.69) is 31.4 Å². The van der Waals surface area contributed by atoms with Gasteiger partial charge in [0.15, 0.2) is 0 Å². The summed E-state index contributed by atoms with van der Waals surface area (Å²) < 4.78 is 0. The molecule has 2 aliphatic rings. The molecule has 5 rings (SSSR count). The molecule has 1 aliphatic heterocycles. The predicted molar refractivity (Wildman–Crippen MR) is 127 cm³/mol. The molecule has 7 nitrogen and oxygen atoms in total. The molecular weight excluding hydrogens is 400 g/mol. The first-order valence-electron chi connectivity index (χ1n) is 11.0. The van der Waals surface area contributed by atoms with E-state index in [4.69, 9.17) is 6.42 Å². The Labute approximate surface area is 187 Å². The van der Waals surface area contributed by atoms with Crippen molar-refractivity contribution in [3.8, 4) is 12.3 Å². The number of rotatable bonds is 5. The Hall–Kier alpha value is -3.63. The quantitative estimate of drug-likeness (QED) is 0.605. The molecule has 1 aliphatic carbocycles. The van der Waals surface area contributed by atoms with E-state index < -0.39 is 0 Å². The number of hydrogen-bond acceptors (Lipinski definition) is 5. The lowest BCUT2D eigenvalue weighted by Gasteiger charge is -2.34. The number of aromatic nitrogens is 2. The highest BCUT2D eigenvalue weighted by atomic mass is 16.2. The minimum Gasteiger partial charge on any atom is -0.340 e. The molecule has 3 aromatic rings. The first kappa shape index (κ1) is 20.3. The van der Waals surface area contributed by atoms with E-state index in [9.17, 15) is 4.79 Å². The van der Waals surface area contributed by atoms with Crippen molar-refractivity contribution in [2.75, 3.05) is 43.4 Å². The average molecular weight is 427 g/mol. The van der Waals surface area contributed by atoms with Crippen LogP contribution in [0.5, 0.6) is 0 Å². The summed E-state index contributed by atoms with van der Waals surface area (Å²) in [5, 5.41) is 7.18. The first-order valence-corrected chi connectivity index (χ1v) is 11.0. The number of fused-ring (bicyclic) bond motifs is 1. The lowest BCUT2D eigenvalue weighted by Crippen LogP contribution is -2.50. The lowest BCUT2D eigenvalue weighted by molar-refractivity contribution is 0.144. The van der Waals surface area contributed by atoms with Crippen molar-refractivity contribution in [2.24, 2.45) is 5.92 Å². The van der Waals surface area contributed by atoms with Crippen LogP contribution in [0.15, 0.2) is 48.8 Å². The second-order valence-electron chi connectivity index (χ2n) is 8.47. The fraction of sp³-hybridized carbons (Fsp3) is 0.320. The number of carbonyl (C=O) groups excluding carboxylic acids is 1. The van der Waals surface area contributed by atoms with E-state index in [0.29, 0.717) is 5.82 Å². The van der Waals surface area contributed by atoms with E-state index in [1.165, 1.54) is 25.7 Å². The zero-order valence-electron chi connectivity index (χ0n) is 17.9. The number of piperazine rings is 1. The maximum atomic E-state index is 12.8. The molecule has 1 aromatic heterocycles. The van der Waals surface area contributed by atoms with Crippen molar-refractivity contribution in [3.05, 3.63) is 54.4 Å². The van der Waals surface area contributed by atoms with Gasteiger partial charge < -0.3 is 15.5 Å². The van der Waals surface area contributed by atoms with Crippen LogP contribution >= 0.6 is 0 Å². The molecule has 2 fully saturated rings. The van der Waals surface area contributed by atoms with Gasteiger partial charge in [-0.1, -0.05) is 12.0 Å². The molecule has 2 amide bonds. The number of benzene rings is 2. The van der Waals surface area contributed by atoms with Crippen LogP contribution < -0.4 is 10.6 Å². The van der Waals surface area contributed by atoms with Gasteiger partial charge in [-0.2, -0.15) is 0 Å². The van der Waals surface area contributed by atoms with Crippen molar-refractivity contribution in [1.82, 2.24) is 19.8 Å². The van der Waals surface area contributed by atoms with Gasteiger partial charge in [-0.25, -0.2) is 14.8 Å². The van der Waals surface area contributed by atoms with Gasteiger partial charge in [-0.3, -0.25) is 4.90 Å². The molecular formula is C25H26N6O. The van der Waals surface area contributed by atoms with E-state index in [-0.39, 0.29) is 6.03 Å². The van der Waals surface area contributed by atoms with E-state index >= 15 is 0 Å². The fourth-order valence-electron chi connectivity index (χ4n) is 4.06. The average Bonchev–Trinajstić information content (AvgIpc) is 3.64. The van der Waals surface area contributed by atoms with Crippen LogP contribution in [0, 0.1) is 18.3 Å². The maximum absolute atomic E-state index is 12.8. The number of carbonyl (C=O) groups is 1. The van der Waals surface area contributed by atoms with Gasteiger partial charge in [0, 0.05) is 55.0 Å². The summed E-state index contributed by atoms with van der Waals surface area (Å²) >= 11 is 0. The fourth-order valence-corrected chi connectivity index (χ4v) is 4.06. The zero-order valence-corrected chi connectivity index (χ0v) is 17.9. The molecule has 2 N–H and O–H groups in total. The number of terminal acetylenes is 1. The molecule has 0 radical (unpaired) electrons. The van der Waals surface area contributed by atoms with Crippen molar-refractivity contribution >= 4 is 34.1 Å². The number of urea groups is 1. The monoisotopic (exact) mass is 426 g/mol. The highest BCUT2D eigenvalue weighted by molar-refractivity contribution is 5.96. The van der Waals surface area contributed by atoms with Crippen LogP contribution in [-0.2, 0) is 0 Å². The van der Waals surface area contributed by atoms with Gasteiger partial charge in [0.05, 0.1) is 5.52 Å². The SMILES string of the molecule is C#Cc1cccc(Nc2ncnc3ccc(NC(=O)N4CCN(CC5CC5)CC4)cc23)c1. The Morgan fingerprint density at radius 2 is 1.91 bits per heavy atom. The van der Waals surface area contributed by atoms with E-state index in [1.807, 2.05) is 47.4 Å². The van der Waals surface area contributed by atoms with Gasteiger partial charge in [-0.05, 0) is 55.2 Å². The van der Waals surface area contributed by atoms with Crippen LogP contribution in [0.25, 0.3) is 10.9 Å². The smallest absolute Gasteiger partial charge is 0.321 e. The third kappa shape index (κ3) is 4.66. The highest BCUT2D eigenvalue weighted by Gasteiger charge is 2.27. The molecule has 2 heterocycles. The number of nitrogens with one attached hydrogen (secondary N) is 2. The minimum atomic E-state index is -0.0662. The molecule has 0 spiro atoms. The summed E-state index contributed by atoms with van der Waals surface area (Å²) in [4.78, 5) is 25.9. The Balaban J connectivity index is 1.29. The van der Waals surface area contributed by atoms with E-state index in [1.54, 1.807) is 0 Å². The van der Waals surface area contributed by atoms with Crippen LogP contribution in [-0.4, -0.2) is 58.5 Å². The first-order chi connectivity index (χ1) is 15.7. The highest BCUT2D eigenvalue weighted by Crippen LogP contribution is 2.30. The van der Waals surface area contributed by atoms with Gasteiger partial charge in [-0.15, -0.1) is 6.42 Å². The molecule has 162 valence electrons. The van der Waals surface area contributed by atoms with E-state index in [0.717, 1.165) is 59.9 Å². The molecule has 2 aromatic carbocycles. The Kier molecular flexibility index (Phi) is 5.61. The second kappa shape index (κ2) is 8.85. The predicted octanol–water partition coefficient (Wildman–Crippen LogP) is 3.91. The Morgan fingerprint density at radius 3 is 2.69 bits per heavy atom. The summed E-state index contributed by atoms with van der Waals surface area (Å²) in [6.07, 6.45) is 9.75. The molecule has 0 unspecified atom stereocenters. The summed E-state index contributed by atoms with van der Waals surface area (Å²) in [5.74, 6) is 4.18. The maximum Gasteiger partial charge on any atom is 0.321 e. The van der Waals surface area contributed by atoms with Crippen molar-refractivity contribution in [2.45, 2.75) is 12.8 Å². The number of nitrogens with zero attached hydrogens (tertiary/aromatic N) is 4. The van der Waals surface area contributed by atoms with Gasteiger partial charge in [0.25, 0.3) is 0 Å². The largest absolute Gasteiger partial charge is 0.340 e. The molecule has 7 heteroatoms. The standard InChI is InChI=1S/C25H26N6O/c1-2-18-4-3-5-20(14-18)28-24-22-15-21(8-9-23(22)26-17-27-24)29-25(32)31-12-10-30(11-13-31)16-19-6-7-19/h1,3-5,8-9,14-15,17,19H,6-7,10-13,16H2,(H,29,32)(H,26,27,28). The van der Waals surface area contributed by atoms with Gasteiger partial charge in [0.2, 0.25) is 0 Å². The van der Waals surface area contributed by atoms with Gasteiger partial charge in [0.1, 0.15) is 12.1 Å². The van der Waals surface area contributed by atoms with Crippen LogP contribution in [0.4, 0.5) is 22.0 Å². The zero-order chi connectivity index (χ0) is 21.9. The van der Waals surface area contributed by atoms with Crippen molar-refractivity contribution in [3.63, 3.8) is 0 Å². The third-order valence-corrected chi connectivity index (χ3v) is 6.05. The molecule has 1 saturated heterocycles. The van der Waals surface area contributed by atoms with Crippen molar-refractivity contribution < 1.29 is 4.79 Å². The summed E-state index contributed by atoms with van der Waals surface area (Å²) in [6, 6.07) is 13.2.